The first-order chi connectivity index (χ1) is 7.63. The van der Waals surface area contributed by atoms with Gasteiger partial charge in [0.15, 0.2) is 5.12 Å². The summed E-state index contributed by atoms with van der Waals surface area (Å²) in [5, 5.41) is 0.0425. The number of thioether (sulfide) groups is 1. The third kappa shape index (κ3) is 3.83. The second-order valence-electron chi connectivity index (χ2n) is 2.87. The summed E-state index contributed by atoms with van der Waals surface area (Å²) in [7, 11) is 1.53. The van der Waals surface area contributed by atoms with Crippen LogP contribution in [0, 0.1) is 11.8 Å². The van der Waals surface area contributed by atoms with E-state index in [1.54, 1.807) is 12.1 Å². The predicted octanol–water partition coefficient (Wildman–Crippen LogP) is 1.30. The lowest BCUT2D eigenvalue weighted by atomic mass is 10.3. The van der Waals surface area contributed by atoms with E-state index < -0.39 is 0 Å². The van der Waals surface area contributed by atoms with Gasteiger partial charge in [-0.3, -0.25) is 4.79 Å². The molecular formula is C11H12N2O2S. The van der Waals surface area contributed by atoms with E-state index in [0.717, 1.165) is 11.8 Å². The Morgan fingerprint density at radius 3 is 3.00 bits per heavy atom. The zero-order valence-corrected chi connectivity index (χ0v) is 9.93. The number of pyridine rings is 1. The fourth-order valence-corrected chi connectivity index (χ4v) is 1.27. The van der Waals surface area contributed by atoms with Crippen molar-refractivity contribution in [3.05, 3.63) is 17.8 Å². The number of anilines is 1. The van der Waals surface area contributed by atoms with Gasteiger partial charge in [0.1, 0.15) is 5.69 Å². The maximum absolute atomic E-state index is 10.7. The first-order valence-electron chi connectivity index (χ1n) is 4.56. The number of methoxy groups -OCH3 is 1. The molecule has 4 nitrogen and oxygen atoms in total. The molecule has 1 aromatic heterocycles. The molecule has 0 fully saturated rings. The Kier molecular flexibility index (Phi) is 4.67. The number of aromatic nitrogens is 1. The molecule has 0 bridgehead atoms. The number of nitrogen functional groups attached to an aromatic ring is 1. The molecule has 0 atom stereocenters. The van der Waals surface area contributed by atoms with Crippen LogP contribution in [0.15, 0.2) is 12.1 Å². The molecule has 0 aliphatic rings. The number of hydrogen-bond donors (Lipinski definition) is 1. The molecule has 0 aromatic carbocycles. The third-order valence-corrected chi connectivity index (χ3v) is 2.36. The SMILES string of the molecule is COc1ccc(N)c(C#CCSC(C)=O)n1. The van der Waals surface area contributed by atoms with Gasteiger partial charge in [0.05, 0.1) is 18.6 Å². The molecule has 1 rings (SSSR count). The predicted molar refractivity (Wildman–Crippen MR) is 65.2 cm³/mol. The number of hydrogen-bond acceptors (Lipinski definition) is 5. The van der Waals surface area contributed by atoms with Crippen molar-refractivity contribution in [1.29, 1.82) is 0 Å². The van der Waals surface area contributed by atoms with Crippen molar-refractivity contribution >= 4 is 22.6 Å². The van der Waals surface area contributed by atoms with Crippen LogP contribution in [0.5, 0.6) is 5.88 Å². The van der Waals surface area contributed by atoms with Crippen LogP contribution in [0.4, 0.5) is 5.69 Å². The summed E-state index contributed by atoms with van der Waals surface area (Å²) >= 11 is 1.15. The van der Waals surface area contributed by atoms with Crippen LogP contribution in [-0.2, 0) is 4.79 Å². The van der Waals surface area contributed by atoms with Gasteiger partial charge >= 0.3 is 0 Å². The molecule has 1 aromatic rings. The standard InChI is InChI=1S/C11H12N2O2S/c1-8(14)16-7-3-4-10-9(12)5-6-11(13-10)15-2/h5-6H,7,12H2,1-2H3. The average molecular weight is 236 g/mol. The van der Waals surface area contributed by atoms with E-state index in [-0.39, 0.29) is 5.12 Å². The maximum atomic E-state index is 10.7. The second-order valence-corrected chi connectivity index (χ2v) is 4.03. The van der Waals surface area contributed by atoms with E-state index in [0.29, 0.717) is 23.0 Å². The minimum Gasteiger partial charge on any atom is -0.481 e. The summed E-state index contributed by atoms with van der Waals surface area (Å²) in [6, 6.07) is 3.36. The van der Waals surface area contributed by atoms with Crippen molar-refractivity contribution in [2.45, 2.75) is 6.92 Å². The lowest BCUT2D eigenvalue weighted by molar-refractivity contribution is -0.109. The minimum absolute atomic E-state index is 0.0425. The molecule has 2 N–H and O–H groups in total. The molecule has 0 saturated heterocycles. The molecule has 5 heteroatoms. The first-order valence-corrected chi connectivity index (χ1v) is 5.55. The molecule has 1 heterocycles. The monoisotopic (exact) mass is 236 g/mol. The van der Waals surface area contributed by atoms with Crippen LogP contribution in [0.25, 0.3) is 0 Å². The van der Waals surface area contributed by atoms with Gasteiger partial charge in [-0.2, -0.15) is 0 Å². The Morgan fingerprint density at radius 1 is 1.62 bits per heavy atom. The molecule has 16 heavy (non-hydrogen) atoms. The van der Waals surface area contributed by atoms with Gasteiger partial charge in [0.25, 0.3) is 0 Å². The van der Waals surface area contributed by atoms with Crippen LogP contribution in [0.2, 0.25) is 0 Å². The molecule has 0 saturated carbocycles. The van der Waals surface area contributed by atoms with Crippen molar-refractivity contribution in [3.63, 3.8) is 0 Å². The molecule has 0 aliphatic carbocycles. The van der Waals surface area contributed by atoms with Crippen LogP contribution in [0.1, 0.15) is 12.6 Å². The highest BCUT2D eigenvalue weighted by atomic mass is 32.2. The zero-order chi connectivity index (χ0) is 12.0. The number of rotatable bonds is 2. The maximum Gasteiger partial charge on any atom is 0.214 e. The van der Waals surface area contributed by atoms with E-state index in [2.05, 4.69) is 16.8 Å². The topological polar surface area (TPSA) is 65.2 Å². The van der Waals surface area contributed by atoms with Crippen LogP contribution >= 0.6 is 11.8 Å². The third-order valence-electron chi connectivity index (χ3n) is 1.66. The Balaban J connectivity index is 2.75. The summed E-state index contributed by atoms with van der Waals surface area (Å²) in [5.41, 5.74) is 6.67. The van der Waals surface area contributed by atoms with Crippen molar-refractivity contribution < 1.29 is 9.53 Å². The van der Waals surface area contributed by atoms with Crippen molar-refractivity contribution in [1.82, 2.24) is 4.98 Å². The number of nitrogens with zero attached hydrogens (tertiary/aromatic N) is 1. The van der Waals surface area contributed by atoms with Gasteiger partial charge in [-0.25, -0.2) is 4.98 Å². The fourth-order valence-electron chi connectivity index (χ4n) is 0.923. The highest BCUT2D eigenvalue weighted by molar-refractivity contribution is 8.13. The van der Waals surface area contributed by atoms with Crippen LogP contribution in [-0.4, -0.2) is 23.0 Å². The summed E-state index contributed by atoms with van der Waals surface area (Å²) in [4.78, 5) is 14.7. The Labute approximate surface area is 98.6 Å². The zero-order valence-electron chi connectivity index (χ0n) is 9.11. The van der Waals surface area contributed by atoms with Gasteiger partial charge in [-0.05, 0) is 12.0 Å². The molecular weight excluding hydrogens is 224 g/mol. The van der Waals surface area contributed by atoms with E-state index in [4.69, 9.17) is 10.5 Å². The second kappa shape index (κ2) is 6.03. The van der Waals surface area contributed by atoms with Gasteiger partial charge < -0.3 is 10.5 Å². The number of ether oxygens (including phenoxy) is 1. The van der Waals surface area contributed by atoms with Crippen molar-refractivity contribution in [2.75, 3.05) is 18.6 Å². The Bertz CT molecular complexity index is 449. The lowest BCUT2D eigenvalue weighted by Gasteiger charge is -2.00. The van der Waals surface area contributed by atoms with Crippen LogP contribution < -0.4 is 10.5 Å². The first kappa shape index (κ1) is 12.4. The molecule has 0 unspecified atom stereocenters. The molecule has 84 valence electrons. The van der Waals surface area contributed by atoms with Crippen molar-refractivity contribution in [3.8, 4) is 17.7 Å². The van der Waals surface area contributed by atoms with Gasteiger partial charge in [0, 0.05) is 13.0 Å². The van der Waals surface area contributed by atoms with Gasteiger partial charge in [-0.1, -0.05) is 17.7 Å². The minimum atomic E-state index is 0.0425. The number of nitrogens with two attached hydrogens (primary N) is 1. The molecule has 0 aliphatic heterocycles. The molecule has 0 radical (unpaired) electrons. The molecule has 0 amide bonds. The highest BCUT2D eigenvalue weighted by Crippen LogP contribution is 2.13. The summed E-state index contributed by atoms with van der Waals surface area (Å²) in [6.07, 6.45) is 0. The lowest BCUT2D eigenvalue weighted by Crippen LogP contribution is -1.96. The quantitative estimate of drug-likeness (QED) is 0.784. The number of carbonyl (C=O) groups excluding carboxylic acids is 1. The normalized spacial score (nSPS) is 9.12. The highest BCUT2D eigenvalue weighted by Gasteiger charge is 1.99. The summed E-state index contributed by atoms with van der Waals surface area (Å²) < 4.78 is 4.96. The van der Waals surface area contributed by atoms with Crippen LogP contribution in [0.3, 0.4) is 0 Å². The van der Waals surface area contributed by atoms with Gasteiger partial charge in [-0.15, -0.1) is 0 Å². The smallest absolute Gasteiger partial charge is 0.214 e. The fraction of sp³-hybridized carbons (Fsp3) is 0.273. The number of carbonyl (C=O) groups is 1. The average Bonchev–Trinajstić information content (AvgIpc) is 2.26. The summed E-state index contributed by atoms with van der Waals surface area (Å²) in [5.74, 6) is 6.53. The summed E-state index contributed by atoms with van der Waals surface area (Å²) in [6.45, 7) is 1.50. The van der Waals surface area contributed by atoms with Gasteiger partial charge in [0.2, 0.25) is 5.88 Å². The largest absolute Gasteiger partial charge is 0.481 e. The molecule has 0 spiro atoms. The van der Waals surface area contributed by atoms with Crippen molar-refractivity contribution in [2.24, 2.45) is 0 Å². The Hall–Kier alpha value is -1.67. The van der Waals surface area contributed by atoms with E-state index >= 15 is 0 Å². The van der Waals surface area contributed by atoms with E-state index in [1.807, 2.05) is 0 Å². The van der Waals surface area contributed by atoms with E-state index in [9.17, 15) is 4.79 Å². The van der Waals surface area contributed by atoms with E-state index in [1.165, 1.54) is 14.0 Å². The Morgan fingerprint density at radius 2 is 2.38 bits per heavy atom.